The highest BCUT2D eigenvalue weighted by molar-refractivity contribution is 5.79. The minimum atomic E-state index is -0.135. The van der Waals surface area contributed by atoms with E-state index in [1.54, 1.807) is 24.1 Å². The van der Waals surface area contributed by atoms with Crippen molar-refractivity contribution < 1.29 is 9.53 Å². The fourth-order valence-corrected chi connectivity index (χ4v) is 5.39. The number of carbonyl (C=O) groups is 1. The summed E-state index contributed by atoms with van der Waals surface area (Å²) in [5, 5.41) is 11.9. The molecular weight excluding hydrogens is 468 g/mol. The van der Waals surface area contributed by atoms with Gasteiger partial charge in [0.1, 0.15) is 5.75 Å². The molecule has 1 amide bonds. The third kappa shape index (κ3) is 5.81. The van der Waals surface area contributed by atoms with E-state index in [0.29, 0.717) is 25.6 Å². The fraction of sp³-hybridized carbons (Fsp3) is 0.464. The highest BCUT2D eigenvalue weighted by atomic mass is 16.5. The number of piperidine rings is 1. The third-order valence-corrected chi connectivity index (χ3v) is 7.48. The molecule has 1 aliphatic heterocycles. The molecule has 3 heterocycles. The van der Waals surface area contributed by atoms with Gasteiger partial charge in [0, 0.05) is 43.7 Å². The Labute approximate surface area is 216 Å². The van der Waals surface area contributed by atoms with Crippen molar-refractivity contribution in [3.05, 3.63) is 64.8 Å². The molecule has 1 saturated carbocycles. The molecule has 1 aromatic carbocycles. The van der Waals surface area contributed by atoms with E-state index in [9.17, 15) is 9.59 Å². The van der Waals surface area contributed by atoms with Gasteiger partial charge >= 0.3 is 0 Å². The molecule has 3 aromatic rings. The summed E-state index contributed by atoms with van der Waals surface area (Å²) in [4.78, 5) is 32.0. The Bertz CT molecular complexity index is 1270. The number of ether oxygens (including phenoxy) is 1. The van der Waals surface area contributed by atoms with E-state index in [1.807, 2.05) is 36.4 Å². The largest absolute Gasteiger partial charge is 0.496 e. The molecule has 1 atom stereocenters. The molecule has 1 saturated heterocycles. The molecule has 0 bridgehead atoms. The number of nitrogens with zero attached hydrogens (tertiary/aromatic N) is 5. The number of aromatic nitrogens is 4. The van der Waals surface area contributed by atoms with E-state index in [2.05, 4.69) is 25.4 Å². The van der Waals surface area contributed by atoms with Crippen LogP contribution in [0.1, 0.15) is 50.1 Å². The number of benzene rings is 1. The smallest absolute Gasteiger partial charge is 0.253 e. The molecule has 9 nitrogen and oxygen atoms in total. The molecular formula is C28H34N6O3. The lowest BCUT2D eigenvalue weighted by atomic mass is 9.97. The lowest BCUT2D eigenvalue weighted by Gasteiger charge is -2.32. The molecule has 2 aromatic heterocycles. The van der Waals surface area contributed by atoms with E-state index in [-0.39, 0.29) is 17.4 Å². The van der Waals surface area contributed by atoms with Crippen LogP contribution >= 0.6 is 0 Å². The van der Waals surface area contributed by atoms with Gasteiger partial charge in [-0.05, 0) is 49.9 Å². The predicted molar refractivity (Wildman–Crippen MR) is 142 cm³/mol. The van der Waals surface area contributed by atoms with Crippen LogP contribution in [0.3, 0.4) is 0 Å². The van der Waals surface area contributed by atoms with Gasteiger partial charge in [-0.1, -0.05) is 25.0 Å². The van der Waals surface area contributed by atoms with Crippen molar-refractivity contribution in [1.29, 1.82) is 0 Å². The van der Waals surface area contributed by atoms with Gasteiger partial charge in [0.2, 0.25) is 5.91 Å². The maximum Gasteiger partial charge on any atom is 0.253 e. The standard InChI is InChI=1S/C28H34N6O3/c1-37-25-11-5-4-10-22(25)23-12-13-26(32-31-23)33-15-6-9-21(18-33)28(36)29-14-16-34-19-30-24(17-27(34)35)20-7-2-3-8-20/h4-5,10-13,17,19-21H,2-3,6-9,14-16,18H2,1H3,(H,29,36). The van der Waals surface area contributed by atoms with Crippen LogP contribution in [0.25, 0.3) is 11.3 Å². The first-order valence-corrected chi connectivity index (χ1v) is 13.2. The van der Waals surface area contributed by atoms with Crippen LogP contribution in [0, 0.1) is 5.92 Å². The number of anilines is 1. The average Bonchev–Trinajstić information content (AvgIpc) is 3.49. The Kier molecular flexibility index (Phi) is 7.77. The third-order valence-electron chi connectivity index (χ3n) is 7.48. The first-order valence-electron chi connectivity index (χ1n) is 13.2. The maximum absolute atomic E-state index is 12.9. The Morgan fingerprint density at radius 3 is 2.68 bits per heavy atom. The number of carbonyl (C=O) groups excluding carboxylic acids is 1. The second kappa shape index (κ2) is 11.5. The summed E-state index contributed by atoms with van der Waals surface area (Å²) in [5.41, 5.74) is 2.49. The zero-order valence-electron chi connectivity index (χ0n) is 21.3. The summed E-state index contributed by atoms with van der Waals surface area (Å²) < 4.78 is 7.01. The van der Waals surface area contributed by atoms with Gasteiger partial charge in [0.25, 0.3) is 5.56 Å². The zero-order valence-corrected chi connectivity index (χ0v) is 21.3. The number of hydrogen-bond donors (Lipinski definition) is 1. The Hall–Kier alpha value is -3.75. The van der Waals surface area contributed by atoms with E-state index < -0.39 is 0 Å². The second-order valence-corrected chi connectivity index (χ2v) is 9.88. The number of hydrogen-bond acceptors (Lipinski definition) is 7. The van der Waals surface area contributed by atoms with Crippen LogP contribution in [0.5, 0.6) is 5.75 Å². The van der Waals surface area contributed by atoms with Crippen LogP contribution in [-0.4, -0.2) is 52.4 Å². The molecule has 1 N–H and O–H groups in total. The summed E-state index contributed by atoms with van der Waals surface area (Å²) in [6, 6.07) is 13.3. The number of para-hydroxylation sites is 1. The molecule has 0 radical (unpaired) electrons. The Balaban J connectivity index is 1.14. The normalized spacial score (nSPS) is 18.1. The Morgan fingerprint density at radius 2 is 1.92 bits per heavy atom. The number of nitrogens with one attached hydrogen (secondary N) is 1. The average molecular weight is 503 g/mol. The molecule has 9 heteroatoms. The Morgan fingerprint density at radius 1 is 1.08 bits per heavy atom. The molecule has 194 valence electrons. The summed E-state index contributed by atoms with van der Waals surface area (Å²) in [6.07, 6.45) is 8.00. The first kappa shape index (κ1) is 24.9. The molecule has 5 rings (SSSR count). The van der Waals surface area contributed by atoms with Crippen LogP contribution in [0.4, 0.5) is 5.82 Å². The first-order chi connectivity index (χ1) is 18.1. The minimum Gasteiger partial charge on any atom is -0.496 e. The molecule has 37 heavy (non-hydrogen) atoms. The van der Waals surface area contributed by atoms with Crippen molar-refractivity contribution in [2.75, 3.05) is 31.6 Å². The van der Waals surface area contributed by atoms with E-state index >= 15 is 0 Å². The van der Waals surface area contributed by atoms with Gasteiger partial charge in [-0.25, -0.2) is 4.98 Å². The highest BCUT2D eigenvalue weighted by Crippen LogP contribution is 2.32. The van der Waals surface area contributed by atoms with Gasteiger partial charge in [-0.2, -0.15) is 0 Å². The van der Waals surface area contributed by atoms with Crippen LogP contribution in [0.15, 0.2) is 53.6 Å². The fourth-order valence-electron chi connectivity index (χ4n) is 5.39. The minimum absolute atomic E-state index is 0.00638. The summed E-state index contributed by atoms with van der Waals surface area (Å²) in [5.74, 6) is 1.80. The van der Waals surface area contributed by atoms with Gasteiger partial charge in [0.15, 0.2) is 5.82 Å². The van der Waals surface area contributed by atoms with Crippen molar-refractivity contribution in [3.63, 3.8) is 0 Å². The quantitative estimate of drug-likeness (QED) is 0.504. The van der Waals surface area contributed by atoms with Crippen molar-refractivity contribution in [3.8, 4) is 17.0 Å². The molecule has 2 fully saturated rings. The second-order valence-electron chi connectivity index (χ2n) is 9.88. The lowest BCUT2D eigenvalue weighted by molar-refractivity contribution is -0.125. The number of amides is 1. The maximum atomic E-state index is 12.9. The summed E-state index contributed by atoms with van der Waals surface area (Å²) in [7, 11) is 1.64. The van der Waals surface area contributed by atoms with Crippen LogP contribution < -0.4 is 20.5 Å². The SMILES string of the molecule is COc1ccccc1-c1ccc(N2CCCC(C(=O)NCCn3cnc(C4CCCC4)cc3=O)C2)nn1. The number of rotatable bonds is 8. The van der Waals surface area contributed by atoms with Crippen molar-refractivity contribution >= 4 is 11.7 Å². The monoisotopic (exact) mass is 502 g/mol. The van der Waals surface area contributed by atoms with E-state index in [0.717, 1.165) is 60.7 Å². The van der Waals surface area contributed by atoms with Crippen molar-refractivity contribution in [2.24, 2.45) is 5.92 Å². The molecule has 2 aliphatic rings. The molecule has 1 aliphatic carbocycles. The van der Waals surface area contributed by atoms with Gasteiger partial charge in [-0.3, -0.25) is 14.2 Å². The number of methoxy groups -OCH3 is 1. The van der Waals surface area contributed by atoms with E-state index in [1.165, 1.54) is 12.8 Å². The van der Waals surface area contributed by atoms with Crippen molar-refractivity contribution in [2.45, 2.75) is 51.0 Å². The van der Waals surface area contributed by atoms with Gasteiger partial charge in [-0.15, -0.1) is 10.2 Å². The highest BCUT2D eigenvalue weighted by Gasteiger charge is 2.27. The summed E-state index contributed by atoms with van der Waals surface area (Å²) in [6.45, 7) is 2.23. The molecule has 0 spiro atoms. The van der Waals surface area contributed by atoms with E-state index in [4.69, 9.17) is 4.74 Å². The topological polar surface area (TPSA) is 102 Å². The summed E-state index contributed by atoms with van der Waals surface area (Å²) >= 11 is 0. The predicted octanol–water partition coefficient (Wildman–Crippen LogP) is 3.40. The molecule has 1 unspecified atom stereocenters. The van der Waals surface area contributed by atoms with Crippen molar-refractivity contribution in [1.82, 2.24) is 25.1 Å². The zero-order chi connectivity index (χ0) is 25.6. The lowest BCUT2D eigenvalue weighted by Crippen LogP contribution is -2.44. The van der Waals surface area contributed by atoms with Crippen LogP contribution in [-0.2, 0) is 11.3 Å². The van der Waals surface area contributed by atoms with Crippen LogP contribution in [0.2, 0.25) is 0 Å². The van der Waals surface area contributed by atoms with Gasteiger partial charge in [0.05, 0.1) is 30.7 Å². The van der Waals surface area contributed by atoms with Gasteiger partial charge < -0.3 is 15.0 Å².